The summed E-state index contributed by atoms with van der Waals surface area (Å²) in [6.07, 6.45) is 6.64. The minimum Gasteiger partial charge on any atom is -0.369 e. The molecule has 0 aliphatic carbocycles. The molecular weight excluding hydrogens is 280 g/mol. The summed E-state index contributed by atoms with van der Waals surface area (Å²) >= 11 is 0. The van der Waals surface area contributed by atoms with Gasteiger partial charge in [0.2, 0.25) is 5.91 Å². The summed E-state index contributed by atoms with van der Waals surface area (Å²) in [5.74, 6) is 0.511. The Kier molecular flexibility index (Phi) is 4.20. The Morgan fingerprint density at radius 2 is 2.27 bits per heavy atom. The molecule has 1 aliphatic rings. The molecule has 116 valence electrons. The van der Waals surface area contributed by atoms with Gasteiger partial charge in [0, 0.05) is 31.7 Å². The number of rotatable bonds is 3. The molecule has 1 fully saturated rings. The summed E-state index contributed by atoms with van der Waals surface area (Å²) in [4.78, 5) is 21.1. The van der Waals surface area contributed by atoms with Crippen LogP contribution in [0.5, 0.6) is 0 Å². The van der Waals surface area contributed by atoms with Gasteiger partial charge in [-0.25, -0.2) is 4.98 Å². The van der Waals surface area contributed by atoms with Crippen molar-refractivity contribution >= 4 is 11.6 Å². The third kappa shape index (κ3) is 3.01. The third-order valence-electron chi connectivity index (χ3n) is 3.95. The van der Waals surface area contributed by atoms with Crippen LogP contribution in [-0.2, 0) is 16.6 Å². The Morgan fingerprint density at radius 3 is 2.95 bits per heavy atom. The zero-order chi connectivity index (χ0) is 15.5. The maximum absolute atomic E-state index is 12.6. The minimum absolute atomic E-state index is 0.0432. The first-order chi connectivity index (χ1) is 10.6. The van der Waals surface area contributed by atoms with E-state index in [4.69, 9.17) is 4.74 Å². The van der Waals surface area contributed by atoms with E-state index in [1.807, 2.05) is 36.9 Å². The molecule has 6 heteroatoms. The van der Waals surface area contributed by atoms with E-state index in [0.717, 1.165) is 24.4 Å². The van der Waals surface area contributed by atoms with Crippen molar-refractivity contribution in [3.05, 3.63) is 42.2 Å². The van der Waals surface area contributed by atoms with Crippen molar-refractivity contribution in [1.29, 1.82) is 0 Å². The first-order valence-corrected chi connectivity index (χ1v) is 7.47. The van der Waals surface area contributed by atoms with Gasteiger partial charge in [-0.2, -0.15) is 0 Å². The van der Waals surface area contributed by atoms with Crippen LogP contribution in [0.15, 0.2) is 30.7 Å². The lowest BCUT2D eigenvalue weighted by Gasteiger charge is -2.30. The van der Waals surface area contributed by atoms with E-state index in [2.05, 4.69) is 15.3 Å². The highest BCUT2D eigenvalue weighted by molar-refractivity contribution is 5.92. The number of amides is 1. The lowest BCUT2D eigenvalue weighted by Crippen LogP contribution is -2.34. The second-order valence-electron chi connectivity index (χ2n) is 5.61. The number of aromatic nitrogens is 3. The van der Waals surface area contributed by atoms with E-state index in [-0.39, 0.29) is 17.9 Å². The van der Waals surface area contributed by atoms with Crippen molar-refractivity contribution < 1.29 is 9.53 Å². The number of aryl methyl sites for hydroxylation is 2. The molecule has 1 amide bonds. The van der Waals surface area contributed by atoms with Gasteiger partial charge in [0.25, 0.3) is 0 Å². The zero-order valence-corrected chi connectivity index (χ0v) is 12.8. The number of pyridine rings is 1. The highest BCUT2D eigenvalue weighted by Gasteiger charge is 2.35. The van der Waals surface area contributed by atoms with Crippen LogP contribution in [0.4, 0.5) is 5.69 Å². The lowest BCUT2D eigenvalue weighted by molar-refractivity contribution is -0.130. The first kappa shape index (κ1) is 14.7. The topological polar surface area (TPSA) is 69.0 Å². The van der Waals surface area contributed by atoms with Gasteiger partial charge in [-0.3, -0.25) is 9.78 Å². The quantitative estimate of drug-likeness (QED) is 0.943. The predicted molar refractivity (Wildman–Crippen MR) is 82.2 cm³/mol. The Morgan fingerprint density at radius 1 is 1.41 bits per heavy atom. The van der Waals surface area contributed by atoms with Gasteiger partial charge in [0.05, 0.1) is 17.8 Å². The number of nitrogens with zero attached hydrogens (tertiary/aromatic N) is 3. The predicted octanol–water partition coefficient (Wildman–Crippen LogP) is 2.23. The lowest BCUT2D eigenvalue weighted by atomic mass is 9.92. The Labute approximate surface area is 129 Å². The van der Waals surface area contributed by atoms with Crippen molar-refractivity contribution in [3.8, 4) is 0 Å². The summed E-state index contributed by atoms with van der Waals surface area (Å²) in [6, 6.07) is 3.74. The van der Waals surface area contributed by atoms with Crippen LogP contribution in [0, 0.1) is 12.8 Å². The average molecular weight is 300 g/mol. The summed E-state index contributed by atoms with van der Waals surface area (Å²) in [7, 11) is 1.92. The van der Waals surface area contributed by atoms with E-state index in [9.17, 15) is 4.79 Å². The monoisotopic (exact) mass is 300 g/mol. The molecule has 0 unspecified atom stereocenters. The van der Waals surface area contributed by atoms with Crippen LogP contribution in [0.2, 0.25) is 0 Å². The fourth-order valence-corrected chi connectivity index (χ4v) is 2.73. The van der Waals surface area contributed by atoms with Crippen LogP contribution in [0.3, 0.4) is 0 Å². The molecule has 0 saturated carbocycles. The zero-order valence-electron chi connectivity index (χ0n) is 12.8. The maximum atomic E-state index is 12.6. The number of hydrogen-bond donors (Lipinski definition) is 1. The van der Waals surface area contributed by atoms with E-state index in [1.54, 1.807) is 12.4 Å². The van der Waals surface area contributed by atoms with Crippen molar-refractivity contribution in [1.82, 2.24) is 14.5 Å². The molecule has 22 heavy (non-hydrogen) atoms. The van der Waals surface area contributed by atoms with Crippen LogP contribution >= 0.6 is 0 Å². The number of carbonyl (C=O) groups is 1. The number of nitrogens with one attached hydrogen (secondary N) is 1. The van der Waals surface area contributed by atoms with Gasteiger partial charge in [-0.15, -0.1) is 0 Å². The minimum atomic E-state index is -0.299. The number of imidazole rings is 1. The SMILES string of the molecule is Cc1ccc(NC(=O)[C@@H]2CCCO[C@H]2c2nccn2C)cn1. The highest BCUT2D eigenvalue weighted by Crippen LogP contribution is 2.33. The fourth-order valence-electron chi connectivity index (χ4n) is 2.73. The van der Waals surface area contributed by atoms with Crippen LogP contribution in [0.1, 0.15) is 30.5 Å². The smallest absolute Gasteiger partial charge is 0.230 e. The second-order valence-corrected chi connectivity index (χ2v) is 5.61. The maximum Gasteiger partial charge on any atom is 0.230 e. The van der Waals surface area contributed by atoms with Gasteiger partial charge < -0.3 is 14.6 Å². The van der Waals surface area contributed by atoms with E-state index in [1.165, 1.54) is 0 Å². The average Bonchev–Trinajstić information content (AvgIpc) is 2.95. The molecule has 6 nitrogen and oxygen atoms in total. The molecule has 1 N–H and O–H groups in total. The second kappa shape index (κ2) is 6.27. The van der Waals surface area contributed by atoms with Crippen LogP contribution in [0.25, 0.3) is 0 Å². The normalized spacial score (nSPS) is 21.5. The van der Waals surface area contributed by atoms with Crippen LogP contribution < -0.4 is 5.32 Å². The Balaban J connectivity index is 1.77. The third-order valence-corrected chi connectivity index (χ3v) is 3.95. The molecule has 1 saturated heterocycles. The standard InChI is InChI=1S/C16H20N4O2/c1-11-5-6-12(10-18-11)19-16(21)13-4-3-9-22-14(13)15-17-7-8-20(15)2/h5-8,10,13-14H,3-4,9H2,1-2H3,(H,19,21)/t13-,14-/m1/s1. The number of ether oxygens (including phenoxy) is 1. The molecule has 3 rings (SSSR count). The van der Waals surface area contributed by atoms with Crippen molar-refractivity contribution in [2.45, 2.75) is 25.9 Å². The van der Waals surface area contributed by atoms with Gasteiger partial charge in [-0.1, -0.05) is 0 Å². The molecule has 2 atom stereocenters. The molecule has 0 aromatic carbocycles. The summed E-state index contributed by atoms with van der Waals surface area (Å²) < 4.78 is 7.74. The molecular formula is C16H20N4O2. The summed E-state index contributed by atoms with van der Waals surface area (Å²) in [6.45, 7) is 2.57. The molecule has 0 spiro atoms. The van der Waals surface area contributed by atoms with Crippen LogP contribution in [-0.4, -0.2) is 27.0 Å². The molecule has 0 radical (unpaired) electrons. The largest absolute Gasteiger partial charge is 0.369 e. The summed E-state index contributed by atoms with van der Waals surface area (Å²) in [5, 5.41) is 2.93. The van der Waals surface area contributed by atoms with Crippen molar-refractivity contribution in [3.63, 3.8) is 0 Å². The van der Waals surface area contributed by atoms with Crippen molar-refractivity contribution in [2.24, 2.45) is 13.0 Å². The highest BCUT2D eigenvalue weighted by atomic mass is 16.5. The molecule has 2 aromatic rings. The van der Waals surface area contributed by atoms with E-state index in [0.29, 0.717) is 12.3 Å². The van der Waals surface area contributed by atoms with Crippen molar-refractivity contribution in [2.75, 3.05) is 11.9 Å². The Bertz CT molecular complexity index is 650. The summed E-state index contributed by atoms with van der Waals surface area (Å²) in [5.41, 5.74) is 1.63. The van der Waals surface area contributed by atoms with Gasteiger partial charge in [0.15, 0.2) is 0 Å². The number of carbonyl (C=O) groups excluding carboxylic acids is 1. The van der Waals surface area contributed by atoms with E-state index >= 15 is 0 Å². The van der Waals surface area contributed by atoms with Gasteiger partial charge >= 0.3 is 0 Å². The number of hydrogen-bond acceptors (Lipinski definition) is 4. The fraction of sp³-hybridized carbons (Fsp3) is 0.438. The van der Waals surface area contributed by atoms with E-state index < -0.39 is 0 Å². The molecule has 1 aliphatic heterocycles. The molecule has 2 aromatic heterocycles. The molecule has 3 heterocycles. The van der Waals surface area contributed by atoms with Gasteiger partial charge in [-0.05, 0) is 31.9 Å². The van der Waals surface area contributed by atoms with Gasteiger partial charge in [0.1, 0.15) is 11.9 Å². The first-order valence-electron chi connectivity index (χ1n) is 7.47. The number of anilines is 1. The Hall–Kier alpha value is -2.21. The molecule has 0 bridgehead atoms.